The summed E-state index contributed by atoms with van der Waals surface area (Å²) in [6.45, 7) is 1.13. The lowest BCUT2D eigenvalue weighted by Gasteiger charge is -2.29. The lowest BCUT2D eigenvalue weighted by atomic mass is 10.00. The fourth-order valence-corrected chi connectivity index (χ4v) is 3.38. The first-order valence-corrected chi connectivity index (χ1v) is 7.96. The molecule has 0 unspecified atom stereocenters. The average molecular weight is 281 g/mol. The number of aliphatic hydroxyl groups excluding tert-OH is 1. The average Bonchev–Trinajstić information content (AvgIpc) is 2.46. The highest BCUT2D eigenvalue weighted by Crippen LogP contribution is 2.20. The van der Waals surface area contributed by atoms with Crippen molar-refractivity contribution in [3.8, 4) is 0 Å². The van der Waals surface area contributed by atoms with Crippen molar-refractivity contribution in [2.45, 2.75) is 12.8 Å². The Labute approximate surface area is 114 Å². The quantitative estimate of drug-likeness (QED) is 0.913. The Morgan fingerprint density at radius 2 is 1.84 bits per heavy atom. The molecule has 0 atom stereocenters. The lowest BCUT2D eigenvalue weighted by Crippen LogP contribution is -2.38. The van der Waals surface area contributed by atoms with Gasteiger partial charge in [-0.3, -0.25) is 0 Å². The van der Waals surface area contributed by atoms with Crippen LogP contribution in [0.5, 0.6) is 0 Å². The molecule has 0 amide bonds. The number of hydrogen-bond donors (Lipinski definition) is 1. The topological polar surface area (TPSA) is 57.6 Å². The molecule has 4 nitrogen and oxygen atoms in total. The smallest absolute Gasteiger partial charge is 0.236 e. The molecule has 1 saturated heterocycles. The third kappa shape index (κ3) is 3.89. The van der Waals surface area contributed by atoms with Crippen LogP contribution in [0.1, 0.15) is 18.4 Å². The van der Waals surface area contributed by atoms with Crippen LogP contribution in [0.2, 0.25) is 0 Å². The third-order valence-electron chi connectivity index (χ3n) is 3.42. The number of sulfonamides is 1. The Hall–Kier alpha value is -1.17. The van der Waals surface area contributed by atoms with Crippen LogP contribution in [0.4, 0.5) is 0 Å². The van der Waals surface area contributed by atoms with Crippen LogP contribution in [-0.4, -0.2) is 37.5 Å². The van der Waals surface area contributed by atoms with E-state index < -0.39 is 10.0 Å². The van der Waals surface area contributed by atoms with Gasteiger partial charge in [-0.05, 0) is 30.4 Å². The van der Waals surface area contributed by atoms with Crippen molar-refractivity contribution in [3.63, 3.8) is 0 Å². The van der Waals surface area contributed by atoms with E-state index in [1.807, 2.05) is 30.3 Å². The number of piperidine rings is 1. The van der Waals surface area contributed by atoms with Gasteiger partial charge in [-0.25, -0.2) is 8.42 Å². The monoisotopic (exact) mass is 281 g/mol. The number of nitrogens with zero attached hydrogens (tertiary/aromatic N) is 1. The number of aliphatic hydroxyl groups is 1. The first-order valence-electron chi connectivity index (χ1n) is 6.46. The molecule has 2 rings (SSSR count). The van der Waals surface area contributed by atoms with Gasteiger partial charge in [0, 0.05) is 25.1 Å². The van der Waals surface area contributed by atoms with E-state index in [4.69, 9.17) is 5.11 Å². The summed E-state index contributed by atoms with van der Waals surface area (Å²) in [4.78, 5) is 0. The van der Waals surface area contributed by atoms with Gasteiger partial charge in [0.15, 0.2) is 0 Å². The van der Waals surface area contributed by atoms with Crippen LogP contribution in [0.25, 0.3) is 6.08 Å². The second kappa shape index (κ2) is 6.32. The molecule has 0 saturated carbocycles. The summed E-state index contributed by atoms with van der Waals surface area (Å²) in [5, 5.41) is 10.3. The van der Waals surface area contributed by atoms with E-state index in [0.717, 1.165) is 18.4 Å². The van der Waals surface area contributed by atoms with E-state index in [1.54, 1.807) is 6.08 Å². The number of rotatable bonds is 4. The van der Waals surface area contributed by atoms with Crippen molar-refractivity contribution < 1.29 is 13.5 Å². The van der Waals surface area contributed by atoms with Crippen molar-refractivity contribution in [1.82, 2.24) is 4.31 Å². The van der Waals surface area contributed by atoms with Crippen LogP contribution < -0.4 is 0 Å². The fourth-order valence-electron chi connectivity index (χ4n) is 2.16. The summed E-state index contributed by atoms with van der Waals surface area (Å²) in [7, 11) is -3.34. The molecule has 0 aliphatic carbocycles. The van der Waals surface area contributed by atoms with Crippen LogP contribution in [0.3, 0.4) is 0 Å². The molecular formula is C14H19NO3S. The summed E-state index contributed by atoms with van der Waals surface area (Å²) in [6, 6.07) is 9.37. The van der Waals surface area contributed by atoms with Gasteiger partial charge in [0.2, 0.25) is 10.0 Å². The first kappa shape index (κ1) is 14.2. The number of benzene rings is 1. The van der Waals surface area contributed by atoms with E-state index in [2.05, 4.69) is 0 Å². The van der Waals surface area contributed by atoms with Crippen LogP contribution >= 0.6 is 0 Å². The van der Waals surface area contributed by atoms with E-state index in [9.17, 15) is 8.42 Å². The molecule has 0 radical (unpaired) electrons. The minimum absolute atomic E-state index is 0.147. The molecule has 1 heterocycles. The minimum atomic E-state index is -3.34. The van der Waals surface area contributed by atoms with E-state index in [0.29, 0.717) is 13.1 Å². The normalized spacial score (nSPS) is 19.0. The maximum absolute atomic E-state index is 12.1. The first-order chi connectivity index (χ1) is 9.12. The molecular weight excluding hydrogens is 262 g/mol. The van der Waals surface area contributed by atoms with E-state index in [1.165, 1.54) is 9.71 Å². The van der Waals surface area contributed by atoms with Crippen molar-refractivity contribution in [1.29, 1.82) is 0 Å². The predicted molar refractivity (Wildman–Crippen MR) is 75.8 cm³/mol. The zero-order chi connectivity index (χ0) is 13.7. The highest BCUT2D eigenvalue weighted by Gasteiger charge is 2.25. The molecule has 0 bridgehead atoms. The Morgan fingerprint density at radius 1 is 1.21 bits per heavy atom. The molecule has 104 valence electrons. The molecule has 5 heteroatoms. The molecule has 0 aromatic heterocycles. The van der Waals surface area contributed by atoms with Crippen molar-refractivity contribution in [3.05, 3.63) is 41.3 Å². The highest BCUT2D eigenvalue weighted by atomic mass is 32.2. The zero-order valence-corrected chi connectivity index (χ0v) is 11.6. The van der Waals surface area contributed by atoms with Crippen molar-refractivity contribution in [2.75, 3.05) is 19.7 Å². The molecule has 1 N–H and O–H groups in total. The van der Waals surface area contributed by atoms with Crippen LogP contribution in [0.15, 0.2) is 35.7 Å². The van der Waals surface area contributed by atoms with Gasteiger partial charge < -0.3 is 5.11 Å². The summed E-state index contributed by atoms with van der Waals surface area (Å²) >= 11 is 0. The highest BCUT2D eigenvalue weighted by molar-refractivity contribution is 7.92. The van der Waals surface area contributed by atoms with Gasteiger partial charge >= 0.3 is 0 Å². The Kier molecular flexibility index (Phi) is 4.74. The van der Waals surface area contributed by atoms with Gasteiger partial charge in [-0.2, -0.15) is 4.31 Å². The molecule has 0 spiro atoms. The van der Waals surface area contributed by atoms with Gasteiger partial charge in [-0.15, -0.1) is 0 Å². The van der Waals surface area contributed by atoms with Crippen LogP contribution in [0, 0.1) is 5.92 Å². The molecule has 1 fully saturated rings. The van der Waals surface area contributed by atoms with Gasteiger partial charge in [0.05, 0.1) is 0 Å². The second-order valence-corrected chi connectivity index (χ2v) is 6.60. The van der Waals surface area contributed by atoms with Gasteiger partial charge in [-0.1, -0.05) is 30.3 Å². The zero-order valence-electron chi connectivity index (χ0n) is 10.8. The Morgan fingerprint density at radius 3 is 2.42 bits per heavy atom. The molecule has 1 aliphatic rings. The summed E-state index contributed by atoms with van der Waals surface area (Å²) in [6.07, 6.45) is 3.08. The number of hydrogen-bond acceptors (Lipinski definition) is 3. The molecule has 1 aromatic rings. The standard InChI is InChI=1S/C14H19NO3S/c16-12-14-6-9-15(10-7-14)19(17,18)11-8-13-4-2-1-3-5-13/h1-5,8,11,14,16H,6-7,9-10,12H2/b11-8+. The molecule has 1 aromatic carbocycles. The lowest BCUT2D eigenvalue weighted by molar-refractivity contribution is 0.170. The van der Waals surface area contributed by atoms with Gasteiger partial charge in [0.25, 0.3) is 0 Å². The van der Waals surface area contributed by atoms with E-state index >= 15 is 0 Å². The largest absolute Gasteiger partial charge is 0.396 e. The predicted octanol–water partition coefficient (Wildman–Crippen LogP) is 1.69. The molecule has 19 heavy (non-hydrogen) atoms. The molecule has 1 aliphatic heterocycles. The minimum Gasteiger partial charge on any atom is -0.396 e. The summed E-state index contributed by atoms with van der Waals surface area (Å²) < 4.78 is 25.7. The van der Waals surface area contributed by atoms with Gasteiger partial charge in [0.1, 0.15) is 0 Å². The Bertz CT molecular complexity index is 517. The maximum Gasteiger partial charge on any atom is 0.236 e. The van der Waals surface area contributed by atoms with E-state index in [-0.39, 0.29) is 12.5 Å². The van der Waals surface area contributed by atoms with Crippen LogP contribution in [-0.2, 0) is 10.0 Å². The van der Waals surface area contributed by atoms with Crippen molar-refractivity contribution in [2.24, 2.45) is 5.92 Å². The second-order valence-electron chi connectivity index (χ2n) is 4.78. The Balaban J connectivity index is 2.01. The SMILES string of the molecule is O=S(=O)(/C=C/c1ccccc1)N1CCC(CO)CC1. The maximum atomic E-state index is 12.1. The fraction of sp³-hybridized carbons (Fsp3) is 0.429. The summed E-state index contributed by atoms with van der Waals surface area (Å²) in [5.74, 6) is 0.240. The van der Waals surface area contributed by atoms with Crippen molar-refractivity contribution >= 4 is 16.1 Å². The third-order valence-corrected chi connectivity index (χ3v) is 4.99. The summed E-state index contributed by atoms with van der Waals surface area (Å²) in [5.41, 5.74) is 0.872.